The number of hydrogen-bond acceptors (Lipinski definition) is 4. The van der Waals surface area contributed by atoms with E-state index in [4.69, 9.17) is 4.74 Å². The Bertz CT molecular complexity index is 813. The second-order valence-electron chi connectivity index (χ2n) is 5.74. The van der Waals surface area contributed by atoms with Crippen molar-refractivity contribution in [3.05, 3.63) is 60.0 Å². The van der Waals surface area contributed by atoms with Gasteiger partial charge in [0.1, 0.15) is 10.6 Å². The van der Waals surface area contributed by atoms with Crippen LogP contribution in [0.4, 0.5) is 0 Å². The Labute approximate surface area is 151 Å². The lowest BCUT2D eigenvalue weighted by Gasteiger charge is -2.14. The summed E-state index contributed by atoms with van der Waals surface area (Å²) in [6.07, 6.45) is 5.35. The molecule has 3 aromatic rings. The first-order valence-electron chi connectivity index (χ1n) is 8.26. The van der Waals surface area contributed by atoms with E-state index in [0.717, 1.165) is 10.4 Å². The number of thiophene rings is 1. The lowest BCUT2D eigenvalue weighted by Crippen LogP contribution is -2.35. The fourth-order valence-electron chi connectivity index (χ4n) is 2.59. The number of imidazole rings is 1. The van der Waals surface area contributed by atoms with Crippen molar-refractivity contribution >= 4 is 17.2 Å². The van der Waals surface area contributed by atoms with Gasteiger partial charge in [0, 0.05) is 29.9 Å². The van der Waals surface area contributed by atoms with Crippen molar-refractivity contribution in [3.63, 3.8) is 0 Å². The zero-order valence-corrected chi connectivity index (χ0v) is 15.1. The minimum atomic E-state index is -0.108. The van der Waals surface area contributed by atoms with Crippen LogP contribution in [-0.4, -0.2) is 28.1 Å². The molecule has 0 saturated heterocycles. The van der Waals surface area contributed by atoms with E-state index in [1.807, 2.05) is 61.0 Å². The molecule has 1 unspecified atom stereocenters. The van der Waals surface area contributed by atoms with Crippen molar-refractivity contribution < 1.29 is 9.53 Å². The van der Waals surface area contributed by atoms with Crippen LogP contribution < -0.4 is 10.1 Å². The number of hydrogen-bond donors (Lipinski definition) is 1. The largest absolute Gasteiger partial charge is 0.492 e. The van der Waals surface area contributed by atoms with Crippen molar-refractivity contribution in [2.75, 3.05) is 6.61 Å². The highest BCUT2D eigenvalue weighted by Crippen LogP contribution is 2.36. The molecule has 0 radical (unpaired) electrons. The summed E-state index contributed by atoms with van der Waals surface area (Å²) in [5.41, 5.74) is 1.08. The molecule has 25 heavy (non-hydrogen) atoms. The maximum atomic E-state index is 12.7. The minimum Gasteiger partial charge on any atom is -0.492 e. The number of carbonyl (C=O) groups excluding carboxylic acids is 1. The monoisotopic (exact) mass is 355 g/mol. The second-order valence-corrected chi connectivity index (χ2v) is 6.79. The van der Waals surface area contributed by atoms with Gasteiger partial charge in [0.2, 0.25) is 0 Å². The van der Waals surface area contributed by atoms with Crippen LogP contribution in [0.5, 0.6) is 5.75 Å². The quantitative estimate of drug-likeness (QED) is 0.701. The molecule has 2 aromatic heterocycles. The van der Waals surface area contributed by atoms with Gasteiger partial charge in [-0.05, 0) is 25.5 Å². The Hall–Kier alpha value is -2.60. The van der Waals surface area contributed by atoms with E-state index >= 15 is 0 Å². The number of ether oxygens (including phenoxy) is 1. The first-order valence-corrected chi connectivity index (χ1v) is 9.07. The third kappa shape index (κ3) is 4.28. The summed E-state index contributed by atoms with van der Waals surface area (Å²) >= 11 is 1.45. The van der Waals surface area contributed by atoms with Crippen LogP contribution in [0, 0.1) is 0 Å². The van der Waals surface area contributed by atoms with E-state index in [1.165, 1.54) is 11.3 Å². The molecule has 2 heterocycles. The molecule has 1 aromatic carbocycles. The molecular formula is C19H21N3O2S. The van der Waals surface area contributed by atoms with E-state index in [9.17, 15) is 4.79 Å². The van der Waals surface area contributed by atoms with E-state index in [0.29, 0.717) is 23.8 Å². The summed E-state index contributed by atoms with van der Waals surface area (Å²) < 4.78 is 7.62. The van der Waals surface area contributed by atoms with E-state index in [-0.39, 0.29) is 11.9 Å². The van der Waals surface area contributed by atoms with Gasteiger partial charge in [0.25, 0.3) is 5.91 Å². The average molecular weight is 355 g/mol. The second kappa shape index (κ2) is 7.98. The molecule has 1 N–H and O–H groups in total. The maximum Gasteiger partial charge on any atom is 0.265 e. The smallest absolute Gasteiger partial charge is 0.265 e. The highest BCUT2D eigenvalue weighted by Gasteiger charge is 2.20. The standard InChI is InChI=1S/C19H21N3O2S/c1-3-24-16-11-17(15-7-5-4-6-8-15)25-18(16)19(23)21-14(2)12-22-10-9-20-13-22/h4-11,13-14H,3,12H2,1-2H3,(H,21,23). The van der Waals surface area contributed by atoms with Gasteiger partial charge >= 0.3 is 0 Å². The molecule has 0 aliphatic carbocycles. The molecule has 0 aliphatic rings. The first-order chi connectivity index (χ1) is 12.2. The third-order valence-corrected chi connectivity index (χ3v) is 4.85. The number of rotatable bonds is 7. The van der Waals surface area contributed by atoms with Crippen molar-refractivity contribution in [1.82, 2.24) is 14.9 Å². The highest BCUT2D eigenvalue weighted by molar-refractivity contribution is 7.17. The zero-order chi connectivity index (χ0) is 17.6. The van der Waals surface area contributed by atoms with Crippen molar-refractivity contribution in [3.8, 4) is 16.2 Å². The zero-order valence-electron chi connectivity index (χ0n) is 14.3. The van der Waals surface area contributed by atoms with Crippen LogP contribution in [0.25, 0.3) is 10.4 Å². The fraction of sp³-hybridized carbons (Fsp3) is 0.263. The van der Waals surface area contributed by atoms with Crippen molar-refractivity contribution in [1.29, 1.82) is 0 Å². The molecule has 0 spiro atoms. The number of aromatic nitrogens is 2. The van der Waals surface area contributed by atoms with Gasteiger partial charge in [-0.3, -0.25) is 4.79 Å². The normalized spacial score (nSPS) is 11.9. The molecule has 1 amide bonds. The Morgan fingerprint density at radius 1 is 1.36 bits per heavy atom. The molecule has 0 fully saturated rings. The van der Waals surface area contributed by atoms with Gasteiger partial charge in [-0.1, -0.05) is 30.3 Å². The summed E-state index contributed by atoms with van der Waals surface area (Å²) in [6, 6.07) is 11.9. The van der Waals surface area contributed by atoms with Crippen LogP contribution in [0.3, 0.4) is 0 Å². The van der Waals surface area contributed by atoms with Gasteiger partial charge in [-0.2, -0.15) is 0 Å². The number of carbonyl (C=O) groups is 1. The van der Waals surface area contributed by atoms with Gasteiger partial charge in [-0.15, -0.1) is 11.3 Å². The van der Waals surface area contributed by atoms with Gasteiger partial charge in [0.15, 0.2) is 0 Å². The summed E-state index contributed by atoms with van der Waals surface area (Å²) in [5, 5.41) is 3.04. The molecule has 6 heteroatoms. The summed E-state index contributed by atoms with van der Waals surface area (Å²) in [7, 11) is 0. The molecule has 130 valence electrons. The molecule has 5 nitrogen and oxygen atoms in total. The Morgan fingerprint density at radius 2 is 2.16 bits per heavy atom. The third-order valence-electron chi connectivity index (χ3n) is 3.68. The van der Waals surface area contributed by atoms with E-state index in [1.54, 1.807) is 12.5 Å². The molecule has 1 atom stereocenters. The van der Waals surface area contributed by atoms with Crippen molar-refractivity contribution in [2.24, 2.45) is 0 Å². The topological polar surface area (TPSA) is 56.1 Å². The van der Waals surface area contributed by atoms with Crippen molar-refractivity contribution in [2.45, 2.75) is 26.4 Å². The first kappa shape index (κ1) is 17.2. The van der Waals surface area contributed by atoms with Crippen LogP contribution in [0.1, 0.15) is 23.5 Å². The number of benzene rings is 1. The lowest BCUT2D eigenvalue weighted by atomic mass is 10.2. The van der Waals surface area contributed by atoms with Crippen LogP contribution in [-0.2, 0) is 6.54 Å². The van der Waals surface area contributed by atoms with E-state index < -0.39 is 0 Å². The SMILES string of the molecule is CCOc1cc(-c2ccccc2)sc1C(=O)NC(C)Cn1ccnc1. The fourth-order valence-corrected chi connectivity index (χ4v) is 3.60. The predicted molar refractivity (Wildman–Crippen MR) is 100 cm³/mol. The lowest BCUT2D eigenvalue weighted by molar-refractivity contribution is 0.0937. The van der Waals surface area contributed by atoms with Crippen LogP contribution >= 0.6 is 11.3 Å². The molecule has 0 bridgehead atoms. The highest BCUT2D eigenvalue weighted by atomic mass is 32.1. The summed E-state index contributed by atoms with van der Waals surface area (Å²) in [4.78, 5) is 18.4. The van der Waals surface area contributed by atoms with E-state index in [2.05, 4.69) is 10.3 Å². The van der Waals surface area contributed by atoms with Gasteiger partial charge in [-0.25, -0.2) is 4.98 Å². The Balaban J connectivity index is 1.77. The Morgan fingerprint density at radius 3 is 2.84 bits per heavy atom. The maximum absolute atomic E-state index is 12.7. The molecule has 3 rings (SSSR count). The molecule has 0 aliphatic heterocycles. The molecular weight excluding hydrogens is 334 g/mol. The summed E-state index contributed by atoms with van der Waals surface area (Å²) in [6.45, 7) is 5.09. The average Bonchev–Trinajstić information content (AvgIpc) is 3.26. The van der Waals surface area contributed by atoms with Gasteiger partial charge in [0.05, 0.1) is 12.9 Å². The van der Waals surface area contributed by atoms with Gasteiger partial charge < -0.3 is 14.6 Å². The van der Waals surface area contributed by atoms with Crippen LogP contribution in [0.2, 0.25) is 0 Å². The van der Waals surface area contributed by atoms with Crippen LogP contribution in [0.15, 0.2) is 55.1 Å². The Kier molecular flexibility index (Phi) is 5.50. The molecule has 0 saturated carbocycles. The number of nitrogens with one attached hydrogen (secondary N) is 1. The number of nitrogens with zero attached hydrogens (tertiary/aromatic N) is 2. The summed E-state index contributed by atoms with van der Waals surface area (Å²) in [5.74, 6) is 0.530. The predicted octanol–water partition coefficient (Wildman–Crippen LogP) is 3.83. The number of amides is 1. The minimum absolute atomic E-state index is 0.0153.